The van der Waals surface area contributed by atoms with Gasteiger partial charge in [0, 0.05) is 7.05 Å². The van der Waals surface area contributed by atoms with Crippen LogP contribution in [0.1, 0.15) is 20.3 Å². The first-order valence-corrected chi connectivity index (χ1v) is 3.60. The van der Waals surface area contributed by atoms with Crippen molar-refractivity contribution in [2.24, 2.45) is 5.92 Å². The summed E-state index contributed by atoms with van der Waals surface area (Å²) in [6.07, 6.45) is 4.69. The topological polar surface area (TPSA) is 29.1 Å². The number of nitrogens with one attached hydrogen (secondary N) is 1. The second kappa shape index (κ2) is 5.03. The summed E-state index contributed by atoms with van der Waals surface area (Å²) in [5.41, 5.74) is 0. The van der Waals surface area contributed by atoms with E-state index in [9.17, 15) is 4.79 Å². The number of allylic oxidation sites excluding steroid dienone is 1. The van der Waals surface area contributed by atoms with Crippen LogP contribution in [0, 0.1) is 5.92 Å². The Bertz CT molecular complexity index is 129. The van der Waals surface area contributed by atoms with Crippen molar-refractivity contribution in [2.45, 2.75) is 20.3 Å². The first-order valence-electron chi connectivity index (χ1n) is 3.60. The molecule has 1 atom stereocenters. The van der Waals surface area contributed by atoms with Gasteiger partial charge in [0.05, 0.1) is 5.92 Å². The normalized spacial score (nSPS) is 13.5. The van der Waals surface area contributed by atoms with Crippen molar-refractivity contribution in [2.75, 3.05) is 7.05 Å². The van der Waals surface area contributed by atoms with E-state index in [1.54, 1.807) is 7.05 Å². The Balaban J connectivity index is 3.93. The molecule has 1 amide bonds. The van der Waals surface area contributed by atoms with Gasteiger partial charge in [0.15, 0.2) is 0 Å². The van der Waals surface area contributed by atoms with E-state index < -0.39 is 0 Å². The highest BCUT2D eigenvalue weighted by Gasteiger charge is 2.08. The predicted octanol–water partition coefficient (Wildman–Crippen LogP) is 1.33. The van der Waals surface area contributed by atoms with Gasteiger partial charge in [-0.15, -0.1) is 0 Å². The maximum absolute atomic E-state index is 11.0. The van der Waals surface area contributed by atoms with Gasteiger partial charge >= 0.3 is 0 Å². The van der Waals surface area contributed by atoms with Crippen molar-refractivity contribution < 1.29 is 4.79 Å². The summed E-state index contributed by atoms with van der Waals surface area (Å²) in [7, 11) is 1.66. The third-order valence-electron chi connectivity index (χ3n) is 1.45. The van der Waals surface area contributed by atoms with Gasteiger partial charge in [-0.2, -0.15) is 0 Å². The molecule has 0 aromatic carbocycles. The molecule has 0 heterocycles. The Morgan fingerprint density at radius 2 is 2.30 bits per heavy atom. The molecule has 0 saturated carbocycles. The lowest BCUT2D eigenvalue weighted by atomic mass is 10.1. The van der Waals surface area contributed by atoms with Crippen molar-refractivity contribution in [1.82, 2.24) is 5.32 Å². The average molecular weight is 141 g/mol. The van der Waals surface area contributed by atoms with Gasteiger partial charge in [-0.1, -0.05) is 19.1 Å². The lowest BCUT2D eigenvalue weighted by molar-refractivity contribution is -0.123. The van der Waals surface area contributed by atoms with Gasteiger partial charge in [-0.05, 0) is 13.3 Å². The molecule has 0 aromatic heterocycles. The molecular weight excluding hydrogens is 126 g/mol. The Hall–Kier alpha value is -0.790. The molecule has 0 fully saturated rings. The molecule has 0 aromatic rings. The van der Waals surface area contributed by atoms with E-state index in [0.29, 0.717) is 0 Å². The molecule has 2 heteroatoms. The van der Waals surface area contributed by atoms with Gasteiger partial charge in [-0.25, -0.2) is 0 Å². The van der Waals surface area contributed by atoms with Crippen molar-refractivity contribution in [3.63, 3.8) is 0 Å². The fourth-order valence-electron chi connectivity index (χ4n) is 0.827. The molecule has 1 N–H and O–H groups in total. The second-order valence-corrected chi connectivity index (χ2v) is 2.15. The van der Waals surface area contributed by atoms with Crippen molar-refractivity contribution >= 4 is 5.91 Å². The van der Waals surface area contributed by atoms with E-state index in [4.69, 9.17) is 0 Å². The fraction of sp³-hybridized carbons (Fsp3) is 0.625. The van der Waals surface area contributed by atoms with Crippen LogP contribution >= 0.6 is 0 Å². The minimum Gasteiger partial charge on any atom is -0.359 e. The van der Waals surface area contributed by atoms with Crippen LogP contribution in [0.15, 0.2) is 12.2 Å². The lowest BCUT2D eigenvalue weighted by Crippen LogP contribution is -2.25. The molecule has 0 bridgehead atoms. The minimum absolute atomic E-state index is 0.0509. The summed E-state index contributed by atoms with van der Waals surface area (Å²) >= 11 is 0. The standard InChI is InChI=1S/C8H15NO/c1-4-6-7(5-2)8(10)9-3/h4,6-7H,5H2,1-3H3,(H,9,10). The summed E-state index contributed by atoms with van der Waals surface area (Å²) in [6.45, 7) is 3.92. The number of hydrogen-bond donors (Lipinski definition) is 1. The predicted molar refractivity (Wildman–Crippen MR) is 42.7 cm³/mol. The number of hydrogen-bond acceptors (Lipinski definition) is 1. The molecule has 2 nitrogen and oxygen atoms in total. The van der Waals surface area contributed by atoms with Gasteiger partial charge in [0.25, 0.3) is 0 Å². The van der Waals surface area contributed by atoms with Crippen LogP contribution in [0.2, 0.25) is 0 Å². The van der Waals surface area contributed by atoms with E-state index in [-0.39, 0.29) is 11.8 Å². The summed E-state index contributed by atoms with van der Waals surface area (Å²) in [6, 6.07) is 0. The van der Waals surface area contributed by atoms with Crippen LogP contribution < -0.4 is 5.32 Å². The average Bonchev–Trinajstić information content (AvgIpc) is 1.99. The van der Waals surface area contributed by atoms with E-state index >= 15 is 0 Å². The highest BCUT2D eigenvalue weighted by atomic mass is 16.1. The zero-order valence-electron chi connectivity index (χ0n) is 6.85. The second-order valence-electron chi connectivity index (χ2n) is 2.15. The summed E-state index contributed by atoms with van der Waals surface area (Å²) < 4.78 is 0. The zero-order chi connectivity index (χ0) is 7.98. The number of carbonyl (C=O) groups is 1. The molecule has 10 heavy (non-hydrogen) atoms. The molecule has 0 spiro atoms. The quantitative estimate of drug-likeness (QED) is 0.590. The Morgan fingerprint density at radius 3 is 2.60 bits per heavy atom. The summed E-state index contributed by atoms with van der Waals surface area (Å²) in [5.74, 6) is 0.149. The van der Waals surface area contributed by atoms with Crippen LogP contribution in [0.3, 0.4) is 0 Å². The Kier molecular flexibility index (Phi) is 4.63. The number of amides is 1. The van der Waals surface area contributed by atoms with Crippen LogP contribution in [0.5, 0.6) is 0 Å². The molecule has 58 valence electrons. The highest BCUT2D eigenvalue weighted by Crippen LogP contribution is 2.03. The SMILES string of the molecule is CC=CC(CC)C(=O)NC. The largest absolute Gasteiger partial charge is 0.359 e. The van der Waals surface area contributed by atoms with Gasteiger partial charge in [-0.3, -0.25) is 4.79 Å². The molecule has 0 radical (unpaired) electrons. The van der Waals surface area contributed by atoms with Crippen molar-refractivity contribution in [3.05, 3.63) is 12.2 Å². The summed E-state index contributed by atoms with van der Waals surface area (Å²) in [5, 5.41) is 2.61. The van der Waals surface area contributed by atoms with E-state index in [2.05, 4.69) is 5.32 Å². The van der Waals surface area contributed by atoms with Gasteiger partial charge in [0.1, 0.15) is 0 Å². The van der Waals surface area contributed by atoms with Crippen LogP contribution in [-0.2, 0) is 4.79 Å². The highest BCUT2D eigenvalue weighted by molar-refractivity contribution is 5.79. The fourth-order valence-corrected chi connectivity index (χ4v) is 0.827. The molecule has 0 saturated heterocycles. The summed E-state index contributed by atoms with van der Waals surface area (Å²) in [4.78, 5) is 11.0. The first-order chi connectivity index (χ1) is 4.76. The molecule has 0 aliphatic heterocycles. The molecule has 0 aliphatic rings. The first kappa shape index (κ1) is 9.21. The number of carbonyl (C=O) groups excluding carboxylic acids is 1. The Morgan fingerprint density at radius 1 is 1.70 bits per heavy atom. The van der Waals surface area contributed by atoms with Crippen LogP contribution in [-0.4, -0.2) is 13.0 Å². The third kappa shape index (κ3) is 2.67. The molecule has 1 unspecified atom stereocenters. The Labute approximate surface area is 62.3 Å². The van der Waals surface area contributed by atoms with Gasteiger partial charge in [0.2, 0.25) is 5.91 Å². The smallest absolute Gasteiger partial charge is 0.226 e. The lowest BCUT2D eigenvalue weighted by Gasteiger charge is -2.06. The van der Waals surface area contributed by atoms with E-state index in [1.165, 1.54) is 0 Å². The third-order valence-corrected chi connectivity index (χ3v) is 1.45. The molecular formula is C8H15NO. The zero-order valence-corrected chi connectivity index (χ0v) is 6.85. The van der Waals surface area contributed by atoms with Crippen LogP contribution in [0.25, 0.3) is 0 Å². The maximum Gasteiger partial charge on any atom is 0.226 e. The monoisotopic (exact) mass is 141 g/mol. The molecule has 0 aliphatic carbocycles. The van der Waals surface area contributed by atoms with Crippen molar-refractivity contribution in [1.29, 1.82) is 0 Å². The van der Waals surface area contributed by atoms with Crippen LogP contribution in [0.4, 0.5) is 0 Å². The number of rotatable bonds is 3. The molecule has 0 rings (SSSR count). The maximum atomic E-state index is 11.0. The van der Waals surface area contributed by atoms with E-state index in [1.807, 2.05) is 26.0 Å². The van der Waals surface area contributed by atoms with E-state index in [0.717, 1.165) is 6.42 Å². The van der Waals surface area contributed by atoms with Gasteiger partial charge < -0.3 is 5.32 Å². The minimum atomic E-state index is 0.0509. The van der Waals surface area contributed by atoms with Crippen molar-refractivity contribution in [3.8, 4) is 0 Å².